The molecule has 28 heavy (non-hydrogen) atoms. The van der Waals surface area contributed by atoms with E-state index in [9.17, 15) is 9.59 Å². The Morgan fingerprint density at radius 3 is 2.57 bits per heavy atom. The van der Waals surface area contributed by atoms with Crippen LogP contribution in [-0.2, 0) is 16.1 Å². The van der Waals surface area contributed by atoms with Crippen LogP contribution >= 0.6 is 0 Å². The number of hydrogen-bond donors (Lipinski definition) is 2. The molecule has 0 spiro atoms. The number of rotatable bonds is 7. The van der Waals surface area contributed by atoms with E-state index in [4.69, 9.17) is 0 Å². The normalized spacial score (nSPS) is 16.3. The summed E-state index contributed by atoms with van der Waals surface area (Å²) < 4.78 is 2.04. The minimum absolute atomic E-state index is 0.00320. The van der Waals surface area contributed by atoms with Crippen molar-refractivity contribution < 1.29 is 9.59 Å². The quantitative estimate of drug-likeness (QED) is 0.754. The van der Waals surface area contributed by atoms with Crippen LogP contribution in [0.4, 0.5) is 5.95 Å². The van der Waals surface area contributed by atoms with Crippen LogP contribution in [0.2, 0.25) is 0 Å². The minimum atomic E-state index is -0.565. The van der Waals surface area contributed by atoms with Gasteiger partial charge in [0.05, 0.1) is 11.0 Å². The van der Waals surface area contributed by atoms with Crippen LogP contribution in [-0.4, -0.2) is 27.4 Å². The first-order valence-corrected chi connectivity index (χ1v) is 10.6. The van der Waals surface area contributed by atoms with E-state index in [0.29, 0.717) is 5.95 Å². The predicted molar refractivity (Wildman–Crippen MR) is 112 cm³/mol. The summed E-state index contributed by atoms with van der Waals surface area (Å²) in [6.45, 7) is 6.79. The lowest BCUT2D eigenvalue weighted by atomic mass is 9.88. The number of carbonyl (C=O) groups is 2. The second-order valence-electron chi connectivity index (χ2n) is 8.13. The number of nitrogens with zero attached hydrogens (tertiary/aromatic N) is 2. The number of aryl methyl sites for hydroxylation is 1. The molecule has 1 fully saturated rings. The summed E-state index contributed by atoms with van der Waals surface area (Å²) in [6.07, 6.45) is 6.17. The van der Waals surface area contributed by atoms with Gasteiger partial charge in [-0.25, -0.2) is 4.98 Å². The van der Waals surface area contributed by atoms with Crippen LogP contribution in [0, 0.1) is 11.8 Å². The Balaban J connectivity index is 1.76. The third-order valence-corrected chi connectivity index (χ3v) is 5.56. The van der Waals surface area contributed by atoms with Gasteiger partial charge < -0.3 is 9.88 Å². The van der Waals surface area contributed by atoms with Gasteiger partial charge in [0.2, 0.25) is 17.8 Å². The zero-order chi connectivity index (χ0) is 20.1. The van der Waals surface area contributed by atoms with E-state index in [0.717, 1.165) is 49.7 Å². The SMILES string of the molecule is CCCn1c(NC(=O)C(NC(=O)C2CCCCC2)C(C)C)nc2ccccc21. The molecule has 1 aliphatic carbocycles. The maximum absolute atomic E-state index is 13.0. The Labute approximate surface area is 167 Å². The third-order valence-electron chi connectivity index (χ3n) is 5.56. The number of benzene rings is 1. The number of aromatic nitrogens is 2. The largest absolute Gasteiger partial charge is 0.344 e. The molecule has 1 aromatic heterocycles. The van der Waals surface area contributed by atoms with Crippen molar-refractivity contribution in [1.82, 2.24) is 14.9 Å². The number of para-hydroxylation sites is 2. The van der Waals surface area contributed by atoms with Gasteiger partial charge in [-0.15, -0.1) is 0 Å². The summed E-state index contributed by atoms with van der Waals surface area (Å²) >= 11 is 0. The van der Waals surface area contributed by atoms with Gasteiger partial charge >= 0.3 is 0 Å². The summed E-state index contributed by atoms with van der Waals surface area (Å²) in [4.78, 5) is 30.3. The Morgan fingerprint density at radius 1 is 1.18 bits per heavy atom. The van der Waals surface area contributed by atoms with Crippen LogP contribution < -0.4 is 10.6 Å². The van der Waals surface area contributed by atoms with E-state index in [1.165, 1.54) is 6.42 Å². The maximum atomic E-state index is 13.0. The molecule has 0 bridgehead atoms. The fourth-order valence-electron chi connectivity index (χ4n) is 3.98. The number of carbonyl (C=O) groups excluding carboxylic acids is 2. The Bertz CT molecular complexity index is 821. The van der Waals surface area contributed by atoms with Crippen molar-refractivity contribution in [2.45, 2.75) is 71.9 Å². The van der Waals surface area contributed by atoms with E-state index in [-0.39, 0.29) is 23.7 Å². The fourth-order valence-corrected chi connectivity index (χ4v) is 3.98. The number of nitrogens with one attached hydrogen (secondary N) is 2. The lowest BCUT2D eigenvalue weighted by Crippen LogP contribution is -2.49. The molecular weight excluding hydrogens is 352 g/mol. The first kappa shape index (κ1) is 20.4. The van der Waals surface area contributed by atoms with Crippen LogP contribution in [0.25, 0.3) is 11.0 Å². The van der Waals surface area contributed by atoms with Gasteiger partial charge in [-0.3, -0.25) is 14.9 Å². The summed E-state index contributed by atoms with van der Waals surface area (Å²) in [5, 5.41) is 5.98. The van der Waals surface area contributed by atoms with Crippen LogP contribution in [0.15, 0.2) is 24.3 Å². The number of anilines is 1. The molecule has 3 rings (SSSR count). The number of amides is 2. The zero-order valence-corrected chi connectivity index (χ0v) is 17.2. The van der Waals surface area contributed by atoms with Gasteiger partial charge in [0.25, 0.3) is 0 Å². The molecule has 1 aliphatic rings. The third kappa shape index (κ3) is 4.54. The van der Waals surface area contributed by atoms with Gasteiger partial charge in [-0.1, -0.05) is 52.2 Å². The van der Waals surface area contributed by atoms with E-state index in [1.807, 2.05) is 42.7 Å². The van der Waals surface area contributed by atoms with Gasteiger partial charge in [0, 0.05) is 12.5 Å². The van der Waals surface area contributed by atoms with Crippen molar-refractivity contribution in [3.63, 3.8) is 0 Å². The van der Waals surface area contributed by atoms with Crippen LogP contribution in [0.3, 0.4) is 0 Å². The highest BCUT2D eigenvalue weighted by Gasteiger charge is 2.29. The maximum Gasteiger partial charge on any atom is 0.249 e. The number of fused-ring (bicyclic) bond motifs is 1. The van der Waals surface area contributed by atoms with Crippen LogP contribution in [0.1, 0.15) is 59.3 Å². The monoisotopic (exact) mass is 384 g/mol. The lowest BCUT2D eigenvalue weighted by molar-refractivity contribution is -0.130. The molecule has 1 saturated carbocycles. The molecule has 2 amide bonds. The van der Waals surface area contributed by atoms with E-state index in [2.05, 4.69) is 22.5 Å². The number of hydrogen-bond acceptors (Lipinski definition) is 3. The highest BCUT2D eigenvalue weighted by molar-refractivity contribution is 5.97. The fraction of sp³-hybridized carbons (Fsp3) is 0.591. The second-order valence-corrected chi connectivity index (χ2v) is 8.13. The number of imidazole rings is 1. The second kappa shape index (κ2) is 9.22. The standard InChI is InChI=1S/C22H32N4O2/c1-4-14-26-18-13-9-8-12-17(18)23-22(26)25-21(28)19(15(2)3)24-20(27)16-10-6-5-7-11-16/h8-9,12-13,15-16,19H,4-7,10-11,14H2,1-3H3,(H,24,27)(H,23,25,28). The molecule has 2 aromatic rings. The topological polar surface area (TPSA) is 76.0 Å². The molecule has 1 unspecified atom stereocenters. The van der Waals surface area contributed by atoms with Crippen molar-refractivity contribution in [2.75, 3.05) is 5.32 Å². The van der Waals surface area contributed by atoms with E-state index in [1.54, 1.807) is 0 Å². The first-order valence-electron chi connectivity index (χ1n) is 10.6. The van der Waals surface area contributed by atoms with Crippen molar-refractivity contribution in [3.05, 3.63) is 24.3 Å². The summed E-state index contributed by atoms with van der Waals surface area (Å²) in [7, 11) is 0. The average molecular weight is 385 g/mol. The molecule has 0 aliphatic heterocycles. The van der Waals surface area contributed by atoms with E-state index < -0.39 is 6.04 Å². The summed E-state index contributed by atoms with van der Waals surface area (Å²) in [6, 6.07) is 7.31. The molecule has 1 heterocycles. The van der Waals surface area contributed by atoms with Gasteiger partial charge in [-0.2, -0.15) is 0 Å². The summed E-state index contributed by atoms with van der Waals surface area (Å²) in [5.41, 5.74) is 1.87. The lowest BCUT2D eigenvalue weighted by Gasteiger charge is -2.26. The van der Waals surface area contributed by atoms with Crippen molar-refractivity contribution >= 4 is 28.8 Å². The van der Waals surface area contributed by atoms with E-state index >= 15 is 0 Å². The molecular formula is C22H32N4O2. The molecule has 2 N–H and O–H groups in total. The molecule has 0 radical (unpaired) electrons. The Morgan fingerprint density at radius 2 is 1.89 bits per heavy atom. The van der Waals surface area contributed by atoms with Crippen molar-refractivity contribution in [1.29, 1.82) is 0 Å². The highest BCUT2D eigenvalue weighted by atomic mass is 16.2. The molecule has 6 nitrogen and oxygen atoms in total. The average Bonchev–Trinajstić information content (AvgIpc) is 3.03. The smallest absolute Gasteiger partial charge is 0.249 e. The molecule has 0 saturated heterocycles. The molecule has 6 heteroatoms. The first-order chi connectivity index (χ1) is 13.5. The Kier molecular flexibility index (Phi) is 6.70. The van der Waals surface area contributed by atoms with Gasteiger partial charge in [-0.05, 0) is 37.3 Å². The molecule has 1 aromatic carbocycles. The minimum Gasteiger partial charge on any atom is -0.344 e. The molecule has 152 valence electrons. The Hall–Kier alpha value is -2.37. The zero-order valence-electron chi connectivity index (χ0n) is 17.2. The predicted octanol–water partition coefficient (Wildman–Crippen LogP) is 4.11. The van der Waals surface area contributed by atoms with Gasteiger partial charge in [0.1, 0.15) is 6.04 Å². The van der Waals surface area contributed by atoms with Crippen molar-refractivity contribution in [2.24, 2.45) is 11.8 Å². The summed E-state index contributed by atoms with van der Waals surface area (Å²) in [5.74, 6) is 0.386. The molecule has 1 atom stereocenters. The van der Waals surface area contributed by atoms with Gasteiger partial charge in [0.15, 0.2) is 0 Å². The van der Waals surface area contributed by atoms with Crippen molar-refractivity contribution in [3.8, 4) is 0 Å². The van der Waals surface area contributed by atoms with Crippen LogP contribution in [0.5, 0.6) is 0 Å². The highest BCUT2D eigenvalue weighted by Crippen LogP contribution is 2.24.